The normalized spacial score (nSPS) is 21.9. The van der Waals surface area contributed by atoms with Crippen LogP contribution in [0.15, 0.2) is 11.8 Å². The highest BCUT2D eigenvalue weighted by Gasteiger charge is 2.26. The van der Waals surface area contributed by atoms with Crippen LogP contribution in [-0.4, -0.2) is 35.9 Å². The molecule has 2 heterocycles. The monoisotopic (exact) mass is 278 g/mol. The van der Waals surface area contributed by atoms with Crippen molar-refractivity contribution >= 4 is 6.09 Å². The van der Waals surface area contributed by atoms with Gasteiger partial charge in [0.2, 0.25) is 5.76 Å². The molecule has 110 valence electrons. The lowest BCUT2D eigenvalue weighted by Crippen LogP contribution is -2.34. The Morgan fingerprint density at radius 3 is 3.05 bits per heavy atom. The van der Waals surface area contributed by atoms with Gasteiger partial charge in [-0.3, -0.25) is 0 Å². The van der Waals surface area contributed by atoms with Gasteiger partial charge in [0, 0.05) is 12.5 Å². The van der Waals surface area contributed by atoms with Gasteiger partial charge in [-0.25, -0.2) is 4.79 Å². The Morgan fingerprint density at radius 2 is 2.40 bits per heavy atom. The maximum Gasteiger partial charge on any atom is 0.444 e. The maximum atomic E-state index is 11.8. The van der Waals surface area contributed by atoms with Crippen LogP contribution >= 0.6 is 0 Å². The average Bonchev–Trinajstić information content (AvgIpc) is 2.97. The topological polar surface area (TPSA) is 50.8 Å². The summed E-state index contributed by atoms with van der Waals surface area (Å²) in [5.41, 5.74) is -0.525. The van der Waals surface area contributed by atoms with Crippen molar-refractivity contribution in [2.24, 2.45) is 0 Å². The van der Waals surface area contributed by atoms with Gasteiger partial charge in [0.15, 0.2) is 0 Å². The Kier molecular flexibility index (Phi) is 4.56. The van der Waals surface area contributed by atoms with Crippen LogP contribution in [0.2, 0.25) is 0 Å². The molecule has 0 aliphatic carbocycles. The highest BCUT2D eigenvalue weighted by atomic mass is 16.7. The molecule has 0 radical (unpaired) electrons. The van der Waals surface area contributed by atoms with E-state index in [1.54, 1.807) is 6.08 Å². The van der Waals surface area contributed by atoms with Gasteiger partial charge in [-0.15, -0.1) is 5.06 Å². The molecule has 2 aliphatic heterocycles. The molecule has 1 saturated heterocycles. The Morgan fingerprint density at radius 1 is 1.60 bits per heavy atom. The molecule has 1 fully saturated rings. The Balaban J connectivity index is 1.77. The number of hydrogen-bond acceptors (Lipinski definition) is 4. The second-order valence-electron chi connectivity index (χ2n) is 6.00. The maximum absolute atomic E-state index is 11.8. The standard InChI is InChI=1S/C15H22N2O3/c1-15(2,3)19-14(18)17-11-9-13(20-17)8-4-6-12-7-5-10-16-12/h9,12,16H,5-7,10-11H2,1-3H3. The molecule has 0 aromatic heterocycles. The first kappa shape index (κ1) is 14.7. The van der Waals surface area contributed by atoms with E-state index in [2.05, 4.69) is 17.2 Å². The van der Waals surface area contributed by atoms with E-state index >= 15 is 0 Å². The number of carbonyl (C=O) groups is 1. The van der Waals surface area contributed by atoms with Crippen molar-refractivity contribution in [3.05, 3.63) is 11.8 Å². The fourth-order valence-corrected chi connectivity index (χ4v) is 2.05. The first-order chi connectivity index (χ1) is 9.44. The Labute approximate surface area is 120 Å². The first-order valence-corrected chi connectivity index (χ1v) is 7.05. The fraction of sp³-hybridized carbons (Fsp3) is 0.667. The smallest absolute Gasteiger partial charge is 0.442 e. The third-order valence-electron chi connectivity index (χ3n) is 2.97. The number of carbonyl (C=O) groups excluding carboxylic acids is 1. The van der Waals surface area contributed by atoms with E-state index in [0.717, 1.165) is 13.0 Å². The summed E-state index contributed by atoms with van der Waals surface area (Å²) in [7, 11) is 0. The van der Waals surface area contributed by atoms with Crippen LogP contribution in [0.25, 0.3) is 0 Å². The molecular formula is C15H22N2O3. The van der Waals surface area contributed by atoms with Crippen LogP contribution in [0.3, 0.4) is 0 Å². The van der Waals surface area contributed by atoms with E-state index in [9.17, 15) is 4.79 Å². The fourth-order valence-electron chi connectivity index (χ4n) is 2.05. The summed E-state index contributed by atoms with van der Waals surface area (Å²) in [5.74, 6) is 6.57. The number of nitrogens with zero attached hydrogens (tertiary/aromatic N) is 1. The van der Waals surface area contributed by atoms with Crippen molar-refractivity contribution in [1.82, 2.24) is 10.4 Å². The van der Waals surface area contributed by atoms with Gasteiger partial charge in [0.25, 0.3) is 0 Å². The molecule has 20 heavy (non-hydrogen) atoms. The molecule has 5 nitrogen and oxygen atoms in total. The summed E-state index contributed by atoms with van der Waals surface area (Å²) in [4.78, 5) is 17.1. The average molecular weight is 278 g/mol. The highest BCUT2D eigenvalue weighted by molar-refractivity contribution is 5.67. The lowest BCUT2D eigenvalue weighted by Gasteiger charge is -2.23. The molecule has 1 N–H and O–H groups in total. The number of hydroxylamine groups is 2. The van der Waals surface area contributed by atoms with Gasteiger partial charge in [0.05, 0.1) is 6.54 Å². The summed E-state index contributed by atoms with van der Waals surface area (Å²) in [5, 5.41) is 4.57. The summed E-state index contributed by atoms with van der Waals surface area (Å²) in [6.07, 6.45) is 4.52. The van der Waals surface area contributed by atoms with E-state index in [-0.39, 0.29) is 0 Å². The minimum Gasteiger partial charge on any atom is -0.442 e. The molecule has 0 saturated carbocycles. The predicted molar refractivity (Wildman–Crippen MR) is 75.5 cm³/mol. The minimum absolute atomic E-state index is 0.376. The molecule has 1 unspecified atom stereocenters. The third kappa shape index (κ3) is 4.46. The lowest BCUT2D eigenvalue weighted by atomic mass is 10.2. The molecule has 2 rings (SSSR count). The molecule has 0 spiro atoms. The number of ether oxygens (including phenoxy) is 1. The second-order valence-corrected chi connectivity index (χ2v) is 6.00. The van der Waals surface area contributed by atoms with Crippen LogP contribution in [0.1, 0.15) is 40.0 Å². The molecule has 0 aromatic rings. The van der Waals surface area contributed by atoms with Crippen molar-refractivity contribution in [2.45, 2.75) is 51.7 Å². The van der Waals surface area contributed by atoms with Gasteiger partial charge in [-0.2, -0.15) is 0 Å². The van der Waals surface area contributed by atoms with Gasteiger partial charge in [-0.1, -0.05) is 5.92 Å². The zero-order valence-corrected chi connectivity index (χ0v) is 12.4. The highest BCUT2D eigenvalue weighted by Crippen LogP contribution is 2.16. The van der Waals surface area contributed by atoms with Crippen molar-refractivity contribution in [3.63, 3.8) is 0 Å². The van der Waals surface area contributed by atoms with Gasteiger partial charge in [0.1, 0.15) is 5.60 Å². The minimum atomic E-state index is -0.525. The van der Waals surface area contributed by atoms with E-state index in [4.69, 9.17) is 9.57 Å². The summed E-state index contributed by atoms with van der Waals surface area (Å²) in [6, 6.07) is 0.492. The summed E-state index contributed by atoms with van der Waals surface area (Å²) >= 11 is 0. The zero-order chi connectivity index (χ0) is 14.6. The SMILES string of the molecule is CC(C)(C)OC(=O)N1CC=C(C#CCC2CCCN2)O1. The van der Waals surface area contributed by atoms with Crippen LogP contribution in [-0.2, 0) is 9.57 Å². The van der Waals surface area contributed by atoms with E-state index in [1.807, 2.05) is 20.8 Å². The quantitative estimate of drug-likeness (QED) is 0.747. The number of hydrogen-bond donors (Lipinski definition) is 1. The van der Waals surface area contributed by atoms with E-state index in [1.165, 1.54) is 17.9 Å². The van der Waals surface area contributed by atoms with Crippen molar-refractivity contribution in [1.29, 1.82) is 0 Å². The summed E-state index contributed by atoms with van der Waals surface area (Å²) < 4.78 is 5.23. The molecule has 0 aromatic carbocycles. The number of amides is 1. The Bertz CT molecular complexity index is 448. The molecule has 5 heteroatoms. The molecule has 1 amide bonds. The van der Waals surface area contributed by atoms with Crippen LogP contribution < -0.4 is 5.32 Å². The lowest BCUT2D eigenvalue weighted by molar-refractivity contribution is -0.0893. The second kappa shape index (κ2) is 6.19. The third-order valence-corrected chi connectivity index (χ3v) is 2.97. The Hall–Kier alpha value is -1.67. The predicted octanol–water partition coefficient (Wildman–Crippen LogP) is 2.20. The number of rotatable bonds is 1. The van der Waals surface area contributed by atoms with Crippen molar-refractivity contribution in [3.8, 4) is 11.8 Å². The van der Waals surface area contributed by atoms with Gasteiger partial charge < -0.3 is 14.9 Å². The first-order valence-electron chi connectivity index (χ1n) is 7.05. The van der Waals surface area contributed by atoms with Gasteiger partial charge >= 0.3 is 6.09 Å². The molecule has 2 aliphatic rings. The molecular weight excluding hydrogens is 256 g/mol. The largest absolute Gasteiger partial charge is 0.444 e. The van der Waals surface area contributed by atoms with Gasteiger partial charge in [-0.05, 0) is 52.2 Å². The van der Waals surface area contributed by atoms with Crippen LogP contribution in [0, 0.1) is 11.8 Å². The number of allylic oxidation sites excluding steroid dienone is 1. The number of nitrogens with one attached hydrogen (secondary N) is 1. The van der Waals surface area contributed by atoms with Crippen molar-refractivity contribution < 1.29 is 14.4 Å². The van der Waals surface area contributed by atoms with E-state index in [0.29, 0.717) is 18.3 Å². The van der Waals surface area contributed by atoms with Crippen LogP contribution in [0.4, 0.5) is 4.79 Å². The van der Waals surface area contributed by atoms with Crippen LogP contribution in [0.5, 0.6) is 0 Å². The molecule has 1 atom stereocenters. The summed E-state index contributed by atoms with van der Waals surface area (Å²) in [6.45, 7) is 6.93. The molecule has 0 bridgehead atoms. The van der Waals surface area contributed by atoms with Crippen molar-refractivity contribution in [2.75, 3.05) is 13.1 Å². The van der Waals surface area contributed by atoms with E-state index < -0.39 is 11.7 Å². The zero-order valence-electron chi connectivity index (χ0n) is 12.4.